The van der Waals surface area contributed by atoms with Crippen molar-refractivity contribution in [2.24, 2.45) is 0 Å². The van der Waals surface area contributed by atoms with E-state index in [1.807, 2.05) is 30.5 Å². The Morgan fingerprint density at radius 3 is 2.43 bits per heavy atom. The van der Waals surface area contributed by atoms with Gasteiger partial charge in [0, 0.05) is 16.3 Å². The van der Waals surface area contributed by atoms with E-state index < -0.39 is 0 Å². The lowest BCUT2D eigenvalue weighted by Gasteiger charge is -2.12. The first-order chi connectivity index (χ1) is 18.2. The third kappa shape index (κ3) is 4.67. The van der Waals surface area contributed by atoms with Gasteiger partial charge in [-0.2, -0.15) is 0 Å². The van der Waals surface area contributed by atoms with Crippen molar-refractivity contribution in [3.8, 4) is 22.7 Å². The third-order valence-corrected chi connectivity index (χ3v) is 6.52. The van der Waals surface area contributed by atoms with E-state index in [2.05, 4.69) is 84.0 Å². The second-order valence-corrected chi connectivity index (χ2v) is 9.06. The molecule has 0 aliphatic rings. The van der Waals surface area contributed by atoms with E-state index in [1.165, 1.54) is 10.9 Å². The van der Waals surface area contributed by atoms with Crippen LogP contribution in [0, 0.1) is 6.92 Å². The van der Waals surface area contributed by atoms with Gasteiger partial charge in [-0.25, -0.2) is 9.67 Å². The number of pyridine rings is 1. The second kappa shape index (κ2) is 9.84. The molecule has 37 heavy (non-hydrogen) atoms. The molecule has 0 bridgehead atoms. The summed E-state index contributed by atoms with van der Waals surface area (Å²) in [6.45, 7) is 2.88. The average Bonchev–Trinajstić information content (AvgIpc) is 3.42. The minimum atomic E-state index is 0.355. The molecule has 0 aliphatic carbocycles. The van der Waals surface area contributed by atoms with E-state index in [0.29, 0.717) is 13.2 Å². The molecule has 0 radical (unpaired) electrons. The van der Waals surface area contributed by atoms with E-state index in [0.717, 1.165) is 50.2 Å². The smallest absolute Gasteiger partial charge is 0.119 e. The fourth-order valence-corrected chi connectivity index (χ4v) is 4.51. The molecular weight excluding hydrogens is 460 g/mol. The Morgan fingerprint density at radius 1 is 0.811 bits per heavy atom. The molecule has 0 aliphatic heterocycles. The predicted octanol–water partition coefficient (Wildman–Crippen LogP) is 6.67. The Labute approximate surface area is 215 Å². The number of rotatable bonds is 7. The van der Waals surface area contributed by atoms with Gasteiger partial charge in [-0.3, -0.25) is 0 Å². The number of fused-ring (bicyclic) bond motifs is 3. The SMILES string of the molecule is COc1ccc(-n2cc(COCc3cc(-c4ccc(C)cc4)nc4c3ccc3ccccc34)nn2)cc1. The average molecular weight is 487 g/mol. The van der Waals surface area contributed by atoms with Crippen LogP contribution in [0.1, 0.15) is 16.8 Å². The van der Waals surface area contributed by atoms with Crippen molar-refractivity contribution in [2.45, 2.75) is 20.1 Å². The molecule has 182 valence electrons. The van der Waals surface area contributed by atoms with Crippen molar-refractivity contribution in [3.05, 3.63) is 114 Å². The van der Waals surface area contributed by atoms with Crippen molar-refractivity contribution >= 4 is 21.7 Å². The zero-order chi connectivity index (χ0) is 25.2. The highest BCUT2D eigenvalue weighted by molar-refractivity contribution is 6.06. The Hall–Kier alpha value is -4.55. The highest BCUT2D eigenvalue weighted by Gasteiger charge is 2.12. The Balaban J connectivity index is 1.29. The molecule has 6 heteroatoms. The quantitative estimate of drug-likeness (QED) is 0.236. The van der Waals surface area contributed by atoms with Crippen molar-refractivity contribution in [3.63, 3.8) is 0 Å². The minimum absolute atomic E-state index is 0.355. The van der Waals surface area contributed by atoms with Crippen LogP contribution in [-0.2, 0) is 18.0 Å². The highest BCUT2D eigenvalue weighted by Crippen LogP contribution is 2.31. The standard InChI is InChI=1S/C31H26N4O2/c1-21-7-9-23(10-8-21)30-17-24(29-16-11-22-5-3-4-6-28(22)31(29)32-30)19-37-20-25-18-35(34-33-25)26-12-14-27(36-2)15-13-26/h3-18H,19-20H2,1-2H3. The maximum absolute atomic E-state index is 6.16. The molecule has 0 unspecified atom stereocenters. The lowest BCUT2D eigenvalue weighted by Crippen LogP contribution is -1.98. The number of hydrogen-bond donors (Lipinski definition) is 0. The number of benzene rings is 4. The fraction of sp³-hybridized carbons (Fsp3) is 0.129. The Morgan fingerprint density at radius 2 is 1.62 bits per heavy atom. The van der Waals surface area contributed by atoms with Crippen LogP contribution in [0.15, 0.2) is 97.2 Å². The first kappa shape index (κ1) is 22.9. The molecule has 2 heterocycles. The molecule has 4 aromatic carbocycles. The predicted molar refractivity (Wildman–Crippen MR) is 146 cm³/mol. The molecule has 0 atom stereocenters. The number of ether oxygens (including phenoxy) is 2. The number of nitrogens with zero attached hydrogens (tertiary/aromatic N) is 4. The van der Waals surface area contributed by atoms with Gasteiger partial charge in [0.25, 0.3) is 0 Å². The summed E-state index contributed by atoms with van der Waals surface area (Å²) in [5.41, 5.74) is 7.00. The summed E-state index contributed by atoms with van der Waals surface area (Å²) in [5.74, 6) is 0.801. The van der Waals surface area contributed by atoms with Gasteiger partial charge in [0.05, 0.1) is 43.4 Å². The molecule has 2 aromatic heterocycles. The maximum Gasteiger partial charge on any atom is 0.119 e. The van der Waals surface area contributed by atoms with E-state index in [-0.39, 0.29) is 0 Å². The van der Waals surface area contributed by atoms with Crippen molar-refractivity contribution < 1.29 is 9.47 Å². The number of hydrogen-bond acceptors (Lipinski definition) is 5. The summed E-state index contributed by atoms with van der Waals surface area (Å²) in [5, 5.41) is 11.9. The molecule has 0 saturated carbocycles. The molecule has 0 saturated heterocycles. The van der Waals surface area contributed by atoms with Crippen LogP contribution < -0.4 is 4.74 Å². The summed E-state index contributed by atoms with van der Waals surface area (Å²) >= 11 is 0. The van der Waals surface area contributed by atoms with E-state index in [9.17, 15) is 0 Å². The van der Waals surface area contributed by atoms with Crippen LogP contribution in [-0.4, -0.2) is 27.1 Å². The monoisotopic (exact) mass is 486 g/mol. The normalized spacial score (nSPS) is 11.3. The van der Waals surface area contributed by atoms with Gasteiger partial charge >= 0.3 is 0 Å². The second-order valence-electron chi connectivity index (χ2n) is 9.06. The van der Waals surface area contributed by atoms with E-state index in [1.54, 1.807) is 11.8 Å². The fourth-order valence-electron chi connectivity index (χ4n) is 4.51. The van der Waals surface area contributed by atoms with Crippen molar-refractivity contribution in [1.82, 2.24) is 20.0 Å². The number of aromatic nitrogens is 4. The molecule has 0 amide bonds. The first-order valence-electron chi connectivity index (χ1n) is 12.2. The topological polar surface area (TPSA) is 62.1 Å². The summed E-state index contributed by atoms with van der Waals surface area (Å²) in [7, 11) is 1.65. The Bertz CT molecular complexity index is 1690. The van der Waals surface area contributed by atoms with Crippen LogP contribution in [0.2, 0.25) is 0 Å². The van der Waals surface area contributed by atoms with Crippen LogP contribution in [0.5, 0.6) is 5.75 Å². The van der Waals surface area contributed by atoms with E-state index >= 15 is 0 Å². The molecule has 6 rings (SSSR count). The molecule has 0 N–H and O–H groups in total. The van der Waals surface area contributed by atoms with E-state index in [4.69, 9.17) is 14.5 Å². The zero-order valence-corrected chi connectivity index (χ0v) is 20.8. The molecule has 6 aromatic rings. The van der Waals surface area contributed by atoms with Crippen LogP contribution in [0.4, 0.5) is 0 Å². The van der Waals surface area contributed by atoms with Gasteiger partial charge in [0.2, 0.25) is 0 Å². The van der Waals surface area contributed by atoms with Crippen molar-refractivity contribution in [1.29, 1.82) is 0 Å². The molecular formula is C31H26N4O2. The lowest BCUT2D eigenvalue weighted by molar-refractivity contribution is 0.105. The molecule has 6 nitrogen and oxygen atoms in total. The van der Waals surface area contributed by atoms with Gasteiger partial charge in [-0.1, -0.05) is 71.4 Å². The summed E-state index contributed by atoms with van der Waals surface area (Å²) in [6, 6.07) is 31.0. The summed E-state index contributed by atoms with van der Waals surface area (Å²) in [6.07, 6.45) is 1.89. The van der Waals surface area contributed by atoms with Crippen LogP contribution in [0.3, 0.4) is 0 Å². The van der Waals surface area contributed by atoms with Gasteiger partial charge in [0.1, 0.15) is 11.4 Å². The molecule has 0 spiro atoms. The maximum atomic E-state index is 6.16. The largest absolute Gasteiger partial charge is 0.497 e. The van der Waals surface area contributed by atoms with Gasteiger partial charge in [-0.15, -0.1) is 5.10 Å². The zero-order valence-electron chi connectivity index (χ0n) is 20.8. The van der Waals surface area contributed by atoms with Crippen LogP contribution >= 0.6 is 0 Å². The Kier molecular flexibility index (Phi) is 6.08. The van der Waals surface area contributed by atoms with Gasteiger partial charge in [0.15, 0.2) is 0 Å². The van der Waals surface area contributed by atoms with Gasteiger partial charge < -0.3 is 9.47 Å². The van der Waals surface area contributed by atoms with Crippen LogP contribution in [0.25, 0.3) is 38.6 Å². The molecule has 0 fully saturated rings. The summed E-state index contributed by atoms with van der Waals surface area (Å²) in [4.78, 5) is 5.09. The number of methoxy groups -OCH3 is 1. The number of aryl methyl sites for hydroxylation is 1. The summed E-state index contributed by atoms with van der Waals surface area (Å²) < 4.78 is 13.1. The third-order valence-electron chi connectivity index (χ3n) is 6.52. The lowest BCUT2D eigenvalue weighted by atomic mass is 10.00. The highest BCUT2D eigenvalue weighted by atomic mass is 16.5. The minimum Gasteiger partial charge on any atom is -0.497 e. The van der Waals surface area contributed by atoms with Gasteiger partial charge in [-0.05, 0) is 48.2 Å². The van der Waals surface area contributed by atoms with Crippen molar-refractivity contribution in [2.75, 3.05) is 7.11 Å². The first-order valence-corrected chi connectivity index (χ1v) is 12.2.